The first kappa shape index (κ1) is 13.5. The minimum atomic E-state index is -0.898. The summed E-state index contributed by atoms with van der Waals surface area (Å²) in [4.78, 5) is 12.9. The predicted octanol–water partition coefficient (Wildman–Crippen LogP) is 1.16. The third-order valence-corrected chi connectivity index (χ3v) is 3.58. The van der Waals surface area contributed by atoms with E-state index in [1.165, 1.54) is 12.8 Å². The number of carboxylic acid groups (broad SMARTS) is 1. The number of nitrogens with two attached hydrogens (primary N) is 1. The Labute approximate surface area is 97.8 Å². The van der Waals surface area contributed by atoms with Gasteiger partial charge in [0.15, 0.2) is 0 Å². The average Bonchev–Trinajstić information content (AvgIpc) is 2.43. The molecule has 1 aliphatic heterocycles. The van der Waals surface area contributed by atoms with Gasteiger partial charge >= 0.3 is 5.97 Å². The third kappa shape index (κ3) is 4.10. The van der Waals surface area contributed by atoms with Gasteiger partial charge in [0.2, 0.25) is 0 Å². The van der Waals surface area contributed by atoms with Crippen molar-refractivity contribution in [2.75, 3.05) is 19.6 Å². The quantitative estimate of drug-likeness (QED) is 0.757. The molecule has 0 aliphatic carbocycles. The van der Waals surface area contributed by atoms with Crippen LogP contribution in [0.4, 0.5) is 0 Å². The van der Waals surface area contributed by atoms with Crippen molar-refractivity contribution in [3.63, 3.8) is 0 Å². The highest BCUT2D eigenvalue weighted by molar-refractivity contribution is 5.73. The zero-order valence-electron chi connectivity index (χ0n) is 10.4. The zero-order chi connectivity index (χ0) is 12.1. The summed E-state index contributed by atoms with van der Waals surface area (Å²) >= 11 is 0. The molecule has 1 fully saturated rings. The summed E-state index contributed by atoms with van der Waals surface area (Å²) in [6, 6.07) is -0.740. The Morgan fingerprint density at radius 1 is 1.44 bits per heavy atom. The number of carbonyl (C=O) groups is 1. The number of carboxylic acids is 1. The molecule has 0 radical (unpaired) electrons. The van der Waals surface area contributed by atoms with Crippen LogP contribution in [-0.2, 0) is 4.79 Å². The van der Waals surface area contributed by atoms with Crippen LogP contribution in [0.15, 0.2) is 0 Å². The van der Waals surface area contributed by atoms with E-state index >= 15 is 0 Å². The fourth-order valence-corrected chi connectivity index (χ4v) is 2.39. The second kappa shape index (κ2) is 6.21. The van der Waals surface area contributed by atoms with Gasteiger partial charge in [-0.15, -0.1) is 0 Å². The van der Waals surface area contributed by atoms with Crippen LogP contribution in [0.2, 0.25) is 0 Å². The molecule has 4 heteroatoms. The average molecular weight is 228 g/mol. The van der Waals surface area contributed by atoms with Crippen LogP contribution in [0, 0.1) is 11.8 Å². The van der Waals surface area contributed by atoms with Crippen LogP contribution in [-0.4, -0.2) is 41.7 Å². The summed E-state index contributed by atoms with van der Waals surface area (Å²) in [5.41, 5.74) is 5.55. The van der Waals surface area contributed by atoms with Gasteiger partial charge in [0.25, 0.3) is 0 Å². The molecule has 1 aliphatic rings. The van der Waals surface area contributed by atoms with Crippen molar-refractivity contribution >= 4 is 5.97 Å². The van der Waals surface area contributed by atoms with Gasteiger partial charge in [-0.2, -0.15) is 0 Å². The number of rotatable bonds is 4. The molecule has 0 saturated carbocycles. The minimum absolute atomic E-state index is 0.486. The predicted molar refractivity (Wildman–Crippen MR) is 64.2 cm³/mol. The Morgan fingerprint density at radius 2 is 2.12 bits per heavy atom. The minimum Gasteiger partial charge on any atom is -0.480 e. The summed E-state index contributed by atoms with van der Waals surface area (Å²) in [5, 5.41) is 8.77. The van der Waals surface area contributed by atoms with E-state index in [1.807, 2.05) is 0 Å². The van der Waals surface area contributed by atoms with Crippen LogP contribution in [0.25, 0.3) is 0 Å². The Hall–Kier alpha value is -0.610. The lowest BCUT2D eigenvalue weighted by Gasteiger charge is -2.22. The molecule has 94 valence electrons. The maximum Gasteiger partial charge on any atom is 0.321 e. The Morgan fingerprint density at radius 3 is 2.69 bits per heavy atom. The summed E-state index contributed by atoms with van der Waals surface area (Å²) in [6.07, 6.45) is 3.59. The van der Waals surface area contributed by atoms with Crippen LogP contribution < -0.4 is 5.73 Å². The maximum absolute atomic E-state index is 10.7. The summed E-state index contributed by atoms with van der Waals surface area (Å²) < 4.78 is 0. The van der Waals surface area contributed by atoms with E-state index in [2.05, 4.69) is 18.7 Å². The van der Waals surface area contributed by atoms with Gasteiger partial charge in [-0.3, -0.25) is 4.79 Å². The molecule has 0 aromatic rings. The lowest BCUT2D eigenvalue weighted by atomic mass is 9.89. The van der Waals surface area contributed by atoms with Gasteiger partial charge in [-0.25, -0.2) is 0 Å². The molecule has 0 amide bonds. The van der Waals surface area contributed by atoms with Crippen molar-refractivity contribution in [1.29, 1.82) is 0 Å². The lowest BCUT2D eigenvalue weighted by Crippen LogP contribution is -2.43. The fraction of sp³-hybridized carbons (Fsp3) is 0.917. The van der Waals surface area contributed by atoms with E-state index in [0.717, 1.165) is 31.3 Å². The van der Waals surface area contributed by atoms with Crippen molar-refractivity contribution in [2.24, 2.45) is 17.6 Å². The Bertz CT molecular complexity index is 231. The molecule has 2 unspecified atom stereocenters. The van der Waals surface area contributed by atoms with Gasteiger partial charge in [0.1, 0.15) is 6.04 Å². The van der Waals surface area contributed by atoms with Crippen LogP contribution in [0.5, 0.6) is 0 Å². The maximum atomic E-state index is 10.7. The highest BCUT2D eigenvalue weighted by Crippen LogP contribution is 2.24. The summed E-state index contributed by atoms with van der Waals surface area (Å²) in [7, 11) is 0. The van der Waals surface area contributed by atoms with E-state index in [-0.39, 0.29) is 0 Å². The van der Waals surface area contributed by atoms with Gasteiger partial charge in [-0.1, -0.05) is 13.8 Å². The molecule has 0 aromatic carbocycles. The van der Waals surface area contributed by atoms with Crippen molar-refractivity contribution in [3.8, 4) is 0 Å². The molecule has 0 aromatic heterocycles. The number of likely N-dealkylation sites (tertiary alicyclic amines) is 1. The van der Waals surface area contributed by atoms with Crippen LogP contribution in [0.1, 0.15) is 33.1 Å². The first-order valence-corrected chi connectivity index (χ1v) is 6.21. The van der Waals surface area contributed by atoms with Crippen molar-refractivity contribution < 1.29 is 9.90 Å². The monoisotopic (exact) mass is 228 g/mol. The van der Waals surface area contributed by atoms with E-state index < -0.39 is 12.0 Å². The standard InChI is InChI=1S/C12H24N2O2/c1-9(2)10-4-3-6-14(7-5-10)8-11(13)12(15)16/h9-11H,3-8,13H2,1-2H3,(H,15,16). The van der Waals surface area contributed by atoms with Gasteiger partial charge in [-0.05, 0) is 44.2 Å². The molecule has 1 rings (SSSR count). The van der Waals surface area contributed by atoms with Crippen molar-refractivity contribution in [3.05, 3.63) is 0 Å². The summed E-state index contributed by atoms with van der Waals surface area (Å²) in [6.45, 7) is 7.00. The van der Waals surface area contributed by atoms with E-state index in [9.17, 15) is 4.79 Å². The third-order valence-electron chi connectivity index (χ3n) is 3.58. The van der Waals surface area contributed by atoms with Gasteiger partial charge in [0, 0.05) is 6.54 Å². The van der Waals surface area contributed by atoms with E-state index in [1.54, 1.807) is 0 Å². The van der Waals surface area contributed by atoms with Crippen molar-refractivity contribution in [2.45, 2.75) is 39.2 Å². The normalized spacial score (nSPS) is 25.4. The molecule has 1 heterocycles. The first-order valence-electron chi connectivity index (χ1n) is 6.21. The van der Waals surface area contributed by atoms with Crippen LogP contribution >= 0.6 is 0 Å². The molecule has 0 spiro atoms. The number of hydrogen-bond donors (Lipinski definition) is 2. The van der Waals surface area contributed by atoms with Gasteiger partial charge in [0.05, 0.1) is 0 Å². The van der Waals surface area contributed by atoms with E-state index in [0.29, 0.717) is 6.54 Å². The number of nitrogens with zero attached hydrogens (tertiary/aromatic N) is 1. The molecular formula is C12H24N2O2. The number of aliphatic carboxylic acids is 1. The molecule has 1 saturated heterocycles. The smallest absolute Gasteiger partial charge is 0.321 e. The molecular weight excluding hydrogens is 204 g/mol. The molecule has 0 bridgehead atoms. The summed E-state index contributed by atoms with van der Waals surface area (Å²) in [5.74, 6) is 0.615. The molecule has 2 atom stereocenters. The fourth-order valence-electron chi connectivity index (χ4n) is 2.39. The highest BCUT2D eigenvalue weighted by atomic mass is 16.4. The second-order valence-corrected chi connectivity index (χ2v) is 5.18. The Kier molecular flexibility index (Phi) is 5.22. The second-order valence-electron chi connectivity index (χ2n) is 5.18. The first-order chi connectivity index (χ1) is 7.50. The SMILES string of the molecule is CC(C)C1CCCN(CC(N)C(=O)O)CC1. The lowest BCUT2D eigenvalue weighted by molar-refractivity contribution is -0.139. The highest BCUT2D eigenvalue weighted by Gasteiger charge is 2.22. The molecule has 4 nitrogen and oxygen atoms in total. The van der Waals surface area contributed by atoms with E-state index in [4.69, 9.17) is 10.8 Å². The Balaban J connectivity index is 2.38. The van der Waals surface area contributed by atoms with Gasteiger partial charge < -0.3 is 15.7 Å². The topological polar surface area (TPSA) is 66.6 Å². The zero-order valence-corrected chi connectivity index (χ0v) is 10.4. The molecule has 3 N–H and O–H groups in total. The number of hydrogen-bond acceptors (Lipinski definition) is 3. The van der Waals surface area contributed by atoms with Crippen LogP contribution in [0.3, 0.4) is 0 Å². The molecule has 16 heavy (non-hydrogen) atoms. The largest absolute Gasteiger partial charge is 0.480 e. The van der Waals surface area contributed by atoms with Crippen molar-refractivity contribution in [1.82, 2.24) is 4.90 Å².